The number of amides is 1. The molecule has 0 radical (unpaired) electrons. The first-order valence-electron chi connectivity index (χ1n) is 7.36. The van der Waals surface area contributed by atoms with Crippen LogP contribution in [-0.4, -0.2) is 23.0 Å². The van der Waals surface area contributed by atoms with Crippen molar-refractivity contribution in [2.45, 2.75) is 44.6 Å². The van der Waals surface area contributed by atoms with Gasteiger partial charge in [0.25, 0.3) is 0 Å². The fraction of sp³-hybridized carbons (Fsp3) is 0.467. The summed E-state index contributed by atoms with van der Waals surface area (Å²) in [6.07, 6.45) is -10.7. The molecule has 0 aliphatic carbocycles. The summed E-state index contributed by atoms with van der Waals surface area (Å²) in [6, 6.07) is -0.973. The minimum Gasteiger partial charge on any atom is -0.480 e. The number of alkyl halides is 6. The monoisotopic (exact) mass is 386 g/mol. The van der Waals surface area contributed by atoms with Crippen LogP contribution in [0.3, 0.4) is 0 Å². The number of halogens is 6. The lowest BCUT2D eigenvalue weighted by Crippen LogP contribution is -2.42. The Hall–Kier alpha value is -2.46. The zero-order valence-electron chi connectivity index (χ0n) is 13.5. The normalized spacial score (nSPS) is 13.3. The van der Waals surface area contributed by atoms with Gasteiger partial charge in [-0.05, 0) is 24.1 Å². The SMILES string of the molecule is CCCC(=O)NC(Cc1cc(C(F)(F)F)c(N)c(C(F)(F)F)c1)C(=O)O. The third-order valence-electron chi connectivity index (χ3n) is 3.40. The molecule has 1 unspecified atom stereocenters. The average Bonchev–Trinajstić information content (AvgIpc) is 2.45. The highest BCUT2D eigenvalue weighted by Crippen LogP contribution is 2.42. The molecule has 0 bridgehead atoms. The van der Waals surface area contributed by atoms with E-state index in [0.717, 1.165) is 0 Å². The van der Waals surface area contributed by atoms with E-state index in [1.54, 1.807) is 6.92 Å². The molecule has 0 aliphatic rings. The van der Waals surface area contributed by atoms with Gasteiger partial charge in [0.2, 0.25) is 5.91 Å². The number of rotatable bonds is 6. The zero-order chi connectivity index (χ0) is 20.3. The van der Waals surface area contributed by atoms with Crippen molar-refractivity contribution in [2.24, 2.45) is 0 Å². The lowest BCUT2D eigenvalue weighted by Gasteiger charge is -2.20. The highest BCUT2D eigenvalue weighted by atomic mass is 19.4. The van der Waals surface area contributed by atoms with Crippen LogP contribution in [0.4, 0.5) is 32.0 Å². The minimum absolute atomic E-state index is 0.0346. The molecule has 1 amide bonds. The molecule has 1 aromatic carbocycles. The largest absolute Gasteiger partial charge is 0.480 e. The van der Waals surface area contributed by atoms with Gasteiger partial charge >= 0.3 is 18.3 Å². The molecule has 11 heteroatoms. The molecule has 1 atom stereocenters. The maximum Gasteiger partial charge on any atom is 0.418 e. The summed E-state index contributed by atoms with van der Waals surface area (Å²) >= 11 is 0. The Morgan fingerprint density at radius 2 is 1.58 bits per heavy atom. The van der Waals surface area contributed by atoms with Gasteiger partial charge < -0.3 is 16.2 Å². The number of nitrogen functional groups attached to an aromatic ring is 1. The molecule has 146 valence electrons. The molecule has 0 saturated carbocycles. The van der Waals surface area contributed by atoms with E-state index < -0.39 is 59.1 Å². The van der Waals surface area contributed by atoms with Crippen LogP contribution in [0.5, 0.6) is 0 Å². The van der Waals surface area contributed by atoms with Crippen LogP contribution >= 0.6 is 0 Å². The van der Waals surface area contributed by atoms with Crippen molar-refractivity contribution in [1.82, 2.24) is 5.32 Å². The van der Waals surface area contributed by atoms with Crippen molar-refractivity contribution < 1.29 is 41.0 Å². The van der Waals surface area contributed by atoms with Crippen molar-refractivity contribution in [2.75, 3.05) is 5.73 Å². The quantitative estimate of drug-likeness (QED) is 0.517. The fourth-order valence-electron chi connectivity index (χ4n) is 2.23. The number of nitrogens with two attached hydrogens (primary N) is 1. The van der Waals surface area contributed by atoms with Crippen molar-refractivity contribution in [3.8, 4) is 0 Å². The lowest BCUT2D eigenvalue weighted by molar-refractivity contribution is -0.141. The zero-order valence-corrected chi connectivity index (χ0v) is 13.5. The predicted molar refractivity (Wildman–Crippen MR) is 79.0 cm³/mol. The van der Waals surface area contributed by atoms with Gasteiger partial charge in [-0.1, -0.05) is 6.92 Å². The number of hydrogen-bond donors (Lipinski definition) is 3. The summed E-state index contributed by atoms with van der Waals surface area (Å²) in [4.78, 5) is 22.7. The molecule has 0 saturated heterocycles. The molecule has 5 nitrogen and oxygen atoms in total. The third kappa shape index (κ3) is 5.53. The Balaban J connectivity index is 3.33. The lowest BCUT2D eigenvalue weighted by atomic mass is 9.97. The minimum atomic E-state index is -5.16. The van der Waals surface area contributed by atoms with Gasteiger partial charge in [-0.2, -0.15) is 26.3 Å². The van der Waals surface area contributed by atoms with Crippen molar-refractivity contribution in [3.63, 3.8) is 0 Å². The highest BCUT2D eigenvalue weighted by molar-refractivity contribution is 5.83. The third-order valence-corrected chi connectivity index (χ3v) is 3.40. The Kier molecular flexibility index (Phi) is 6.50. The van der Waals surface area contributed by atoms with Gasteiger partial charge in [0.1, 0.15) is 6.04 Å². The van der Waals surface area contributed by atoms with Crippen LogP contribution in [0.15, 0.2) is 12.1 Å². The first kappa shape index (κ1) is 21.6. The van der Waals surface area contributed by atoms with Crippen LogP contribution in [0.1, 0.15) is 36.5 Å². The standard InChI is InChI=1S/C15H16F6N2O3/c1-2-3-11(24)23-10(13(25)26)6-7-4-8(14(16,17)18)12(22)9(5-7)15(19,20)21/h4-5,10H,2-3,6,22H2,1H3,(H,23,24)(H,25,26). The first-order valence-corrected chi connectivity index (χ1v) is 7.36. The van der Waals surface area contributed by atoms with Gasteiger partial charge in [0.15, 0.2) is 0 Å². The molecule has 0 aliphatic heterocycles. The molecule has 0 fully saturated rings. The Morgan fingerprint density at radius 3 is 1.92 bits per heavy atom. The molecule has 0 spiro atoms. The van der Waals surface area contributed by atoms with Gasteiger partial charge in [-0.3, -0.25) is 4.79 Å². The van der Waals surface area contributed by atoms with E-state index >= 15 is 0 Å². The van der Waals surface area contributed by atoms with E-state index in [1.165, 1.54) is 0 Å². The van der Waals surface area contributed by atoms with E-state index in [1.807, 2.05) is 0 Å². The number of carbonyl (C=O) groups excluding carboxylic acids is 1. The second-order valence-electron chi connectivity index (χ2n) is 5.51. The summed E-state index contributed by atoms with van der Waals surface area (Å²) in [5.74, 6) is -2.27. The number of carbonyl (C=O) groups is 2. The number of hydrogen-bond acceptors (Lipinski definition) is 3. The molecule has 4 N–H and O–H groups in total. The second kappa shape index (κ2) is 7.83. The number of nitrogens with one attached hydrogen (secondary N) is 1. The van der Waals surface area contributed by atoms with E-state index in [0.29, 0.717) is 18.6 Å². The van der Waals surface area contributed by atoms with Crippen LogP contribution in [0.2, 0.25) is 0 Å². The fourth-order valence-corrected chi connectivity index (χ4v) is 2.23. The summed E-state index contributed by atoms with van der Waals surface area (Å²) in [7, 11) is 0. The second-order valence-corrected chi connectivity index (χ2v) is 5.51. The van der Waals surface area contributed by atoms with E-state index in [2.05, 4.69) is 5.32 Å². The van der Waals surface area contributed by atoms with E-state index in [-0.39, 0.29) is 6.42 Å². The predicted octanol–water partition coefficient (Wildman–Crippen LogP) is 3.22. The van der Waals surface area contributed by atoms with Crippen molar-refractivity contribution in [3.05, 3.63) is 28.8 Å². The first-order chi connectivity index (χ1) is 11.8. The summed E-state index contributed by atoms with van der Waals surface area (Å²) in [6.45, 7) is 1.64. The maximum atomic E-state index is 13.0. The van der Waals surface area contributed by atoms with Gasteiger partial charge in [0.05, 0.1) is 16.8 Å². The maximum absolute atomic E-state index is 13.0. The van der Waals surface area contributed by atoms with Crippen LogP contribution in [0.25, 0.3) is 0 Å². The highest BCUT2D eigenvalue weighted by Gasteiger charge is 2.41. The Bertz CT molecular complexity index is 650. The van der Waals surface area contributed by atoms with Crippen molar-refractivity contribution >= 4 is 17.6 Å². The molecule has 1 rings (SSSR count). The van der Waals surface area contributed by atoms with Gasteiger partial charge in [-0.25, -0.2) is 4.79 Å². The molecule has 1 aromatic rings. The molecule has 0 heterocycles. The topological polar surface area (TPSA) is 92.4 Å². The number of benzene rings is 1. The molecular weight excluding hydrogens is 370 g/mol. The van der Waals surface area contributed by atoms with Crippen LogP contribution < -0.4 is 11.1 Å². The van der Waals surface area contributed by atoms with Gasteiger partial charge in [-0.15, -0.1) is 0 Å². The molecule has 0 aromatic heterocycles. The van der Waals surface area contributed by atoms with Crippen LogP contribution in [-0.2, 0) is 28.4 Å². The Morgan fingerprint density at radius 1 is 1.12 bits per heavy atom. The van der Waals surface area contributed by atoms with Crippen molar-refractivity contribution in [1.29, 1.82) is 0 Å². The Labute approximate surface area is 144 Å². The van der Waals surface area contributed by atoms with E-state index in [9.17, 15) is 35.9 Å². The summed E-state index contributed by atoms with van der Waals surface area (Å²) in [5.41, 5.74) is -0.480. The smallest absolute Gasteiger partial charge is 0.418 e. The number of carboxylic acid groups (broad SMARTS) is 1. The number of anilines is 1. The molecular formula is C15H16F6N2O3. The number of aliphatic carboxylic acids is 1. The number of carboxylic acids is 1. The summed E-state index contributed by atoms with van der Waals surface area (Å²) in [5, 5.41) is 11.1. The van der Waals surface area contributed by atoms with E-state index in [4.69, 9.17) is 10.8 Å². The van der Waals surface area contributed by atoms with Gasteiger partial charge in [0, 0.05) is 12.8 Å². The van der Waals surface area contributed by atoms with Crippen LogP contribution in [0, 0.1) is 0 Å². The molecule has 26 heavy (non-hydrogen) atoms. The summed E-state index contributed by atoms with van der Waals surface area (Å²) < 4.78 is 77.8. The average molecular weight is 386 g/mol.